The number of hydrogen-bond acceptors (Lipinski definition) is 4. The highest BCUT2D eigenvalue weighted by Gasteiger charge is 2.30. The van der Waals surface area contributed by atoms with E-state index in [2.05, 4.69) is 36.2 Å². The average molecular weight is 484 g/mol. The molecule has 7 heteroatoms. The third kappa shape index (κ3) is 7.52. The monoisotopic (exact) mass is 483 g/mol. The molecule has 3 rings (SSSR count). The molecule has 6 nitrogen and oxygen atoms in total. The largest absolute Gasteiger partial charge is 0.354 e. The lowest BCUT2D eigenvalue weighted by atomic mass is 9.97. The summed E-state index contributed by atoms with van der Waals surface area (Å²) in [6, 6.07) is 20.0. The first-order valence-electron chi connectivity index (χ1n) is 12.2. The zero-order valence-electron chi connectivity index (χ0n) is 20.3. The van der Waals surface area contributed by atoms with Gasteiger partial charge in [-0.1, -0.05) is 74.5 Å². The summed E-state index contributed by atoms with van der Waals surface area (Å²) in [6.07, 6.45) is 3.58. The minimum absolute atomic E-state index is 0.0297. The number of sulfonamides is 1. The van der Waals surface area contributed by atoms with Crippen LogP contribution in [0.2, 0.25) is 0 Å². The molecule has 34 heavy (non-hydrogen) atoms. The van der Waals surface area contributed by atoms with Crippen LogP contribution in [-0.2, 0) is 21.2 Å². The zero-order valence-corrected chi connectivity index (χ0v) is 21.1. The Morgan fingerprint density at radius 2 is 1.62 bits per heavy atom. The fourth-order valence-corrected chi connectivity index (χ4v) is 5.73. The van der Waals surface area contributed by atoms with Crippen molar-refractivity contribution in [3.05, 3.63) is 77.2 Å². The van der Waals surface area contributed by atoms with Gasteiger partial charge in [0.15, 0.2) is 0 Å². The van der Waals surface area contributed by atoms with Crippen LogP contribution < -0.4 is 5.32 Å². The Bertz CT molecular complexity index is 1010. The number of likely N-dealkylation sites (N-methyl/N-ethyl adjacent to an activating group) is 1. The molecule has 1 atom stereocenters. The second kappa shape index (κ2) is 12.8. The maximum atomic E-state index is 12.9. The molecule has 0 saturated carbocycles. The average Bonchev–Trinajstić information content (AvgIpc) is 2.88. The lowest BCUT2D eigenvalue weighted by molar-refractivity contribution is -0.126. The molecule has 0 radical (unpaired) electrons. The van der Waals surface area contributed by atoms with E-state index in [1.165, 1.54) is 15.3 Å². The predicted octanol–water partition coefficient (Wildman–Crippen LogP) is 3.77. The van der Waals surface area contributed by atoms with Crippen LogP contribution in [0.15, 0.2) is 66.1 Å². The molecule has 0 aliphatic carbocycles. The Balaban J connectivity index is 1.52. The highest BCUT2D eigenvalue weighted by molar-refractivity contribution is 7.92. The lowest BCUT2D eigenvalue weighted by Gasteiger charge is -2.32. The second-order valence-electron chi connectivity index (χ2n) is 8.74. The van der Waals surface area contributed by atoms with Crippen LogP contribution in [0.5, 0.6) is 0 Å². The van der Waals surface area contributed by atoms with Crippen molar-refractivity contribution in [1.82, 2.24) is 14.5 Å². The lowest BCUT2D eigenvalue weighted by Crippen LogP contribution is -2.48. The molecule has 1 heterocycles. The normalized spacial score (nSPS) is 16.7. The van der Waals surface area contributed by atoms with E-state index in [1.54, 1.807) is 6.08 Å². The molecule has 184 valence electrons. The molecular formula is C27H37N3O3S. The van der Waals surface area contributed by atoms with Gasteiger partial charge in [-0.05, 0) is 49.6 Å². The summed E-state index contributed by atoms with van der Waals surface area (Å²) in [7, 11) is -3.49. The molecule has 1 aliphatic heterocycles. The summed E-state index contributed by atoms with van der Waals surface area (Å²) < 4.78 is 26.9. The van der Waals surface area contributed by atoms with Gasteiger partial charge in [0.1, 0.15) is 0 Å². The molecule has 1 aliphatic rings. The van der Waals surface area contributed by atoms with E-state index in [-0.39, 0.29) is 17.9 Å². The summed E-state index contributed by atoms with van der Waals surface area (Å²) in [5.74, 6) is -0.124. The van der Waals surface area contributed by atoms with E-state index in [0.717, 1.165) is 25.1 Å². The van der Waals surface area contributed by atoms with Gasteiger partial charge in [-0.25, -0.2) is 8.42 Å². The molecule has 1 amide bonds. The molecule has 2 aromatic carbocycles. The fraction of sp³-hybridized carbons (Fsp3) is 0.444. The summed E-state index contributed by atoms with van der Waals surface area (Å²) in [6.45, 7) is 7.46. The maximum Gasteiger partial charge on any atom is 0.236 e. The van der Waals surface area contributed by atoms with Gasteiger partial charge >= 0.3 is 0 Å². The Morgan fingerprint density at radius 1 is 1.03 bits per heavy atom. The number of amides is 1. The highest BCUT2D eigenvalue weighted by atomic mass is 32.2. The maximum absolute atomic E-state index is 12.9. The van der Waals surface area contributed by atoms with Crippen molar-refractivity contribution < 1.29 is 13.2 Å². The van der Waals surface area contributed by atoms with Crippen molar-refractivity contribution in [2.75, 3.05) is 32.7 Å². The summed E-state index contributed by atoms with van der Waals surface area (Å²) >= 11 is 0. The van der Waals surface area contributed by atoms with Crippen LogP contribution in [-0.4, -0.2) is 62.3 Å². The molecule has 1 saturated heterocycles. The minimum atomic E-state index is -3.49. The van der Waals surface area contributed by atoms with Crippen molar-refractivity contribution in [1.29, 1.82) is 0 Å². The number of nitrogens with one attached hydrogen (secondary N) is 1. The van der Waals surface area contributed by atoms with E-state index in [0.29, 0.717) is 32.5 Å². The topological polar surface area (TPSA) is 69.7 Å². The second-order valence-corrected chi connectivity index (χ2v) is 10.6. The Hall–Kier alpha value is -2.48. The van der Waals surface area contributed by atoms with Crippen LogP contribution in [0.25, 0.3) is 6.08 Å². The van der Waals surface area contributed by atoms with E-state index in [9.17, 15) is 13.2 Å². The SMILES string of the molecule is CCN(CC)C(CNC(=O)C1CCN(S(=O)(=O)/C=C/c2ccccc2)CC1)Cc1ccccc1. The van der Waals surface area contributed by atoms with Crippen LogP contribution in [0.1, 0.15) is 37.8 Å². The minimum Gasteiger partial charge on any atom is -0.354 e. The fourth-order valence-electron chi connectivity index (χ4n) is 4.51. The summed E-state index contributed by atoms with van der Waals surface area (Å²) in [5, 5.41) is 4.42. The van der Waals surface area contributed by atoms with E-state index < -0.39 is 10.0 Å². The smallest absolute Gasteiger partial charge is 0.236 e. The van der Waals surface area contributed by atoms with Gasteiger partial charge in [-0.15, -0.1) is 0 Å². The first kappa shape index (κ1) is 26.1. The van der Waals surface area contributed by atoms with Crippen molar-refractivity contribution in [2.24, 2.45) is 5.92 Å². The Morgan fingerprint density at radius 3 is 2.21 bits per heavy atom. The number of piperidine rings is 1. The Kier molecular flexibility index (Phi) is 9.86. The number of carbonyl (C=O) groups is 1. The van der Waals surface area contributed by atoms with Crippen molar-refractivity contribution in [3.8, 4) is 0 Å². The van der Waals surface area contributed by atoms with Gasteiger partial charge in [0.25, 0.3) is 0 Å². The van der Waals surface area contributed by atoms with Gasteiger partial charge in [0, 0.05) is 37.0 Å². The quantitative estimate of drug-likeness (QED) is 0.528. The molecular weight excluding hydrogens is 446 g/mol. The van der Waals surface area contributed by atoms with E-state index in [1.807, 2.05) is 48.5 Å². The van der Waals surface area contributed by atoms with Crippen molar-refractivity contribution in [2.45, 2.75) is 39.2 Å². The van der Waals surface area contributed by atoms with Crippen molar-refractivity contribution >= 4 is 22.0 Å². The Labute approximate surface area is 204 Å². The number of carbonyl (C=O) groups excluding carboxylic acids is 1. The van der Waals surface area contributed by atoms with E-state index >= 15 is 0 Å². The first-order chi connectivity index (χ1) is 16.4. The van der Waals surface area contributed by atoms with Gasteiger partial charge in [-0.2, -0.15) is 4.31 Å². The van der Waals surface area contributed by atoms with Gasteiger partial charge in [0.2, 0.25) is 15.9 Å². The van der Waals surface area contributed by atoms with Crippen LogP contribution in [0.4, 0.5) is 0 Å². The number of benzene rings is 2. The molecule has 0 aromatic heterocycles. The molecule has 1 fully saturated rings. The predicted molar refractivity (Wildman–Crippen MR) is 139 cm³/mol. The number of hydrogen-bond donors (Lipinski definition) is 1. The zero-order chi connectivity index (χ0) is 24.4. The molecule has 0 bridgehead atoms. The van der Waals surface area contributed by atoms with Crippen molar-refractivity contribution in [3.63, 3.8) is 0 Å². The van der Waals surface area contributed by atoms with Crippen LogP contribution in [0.3, 0.4) is 0 Å². The standard InChI is InChI=1S/C27H37N3O3S/c1-3-29(4-2)26(21-24-13-9-6-10-14-24)22-28-27(31)25-15-18-30(19-16-25)34(32,33)20-17-23-11-7-5-8-12-23/h5-14,17,20,25-26H,3-4,15-16,18-19,21-22H2,1-2H3,(H,28,31)/b20-17+. The molecule has 1 unspecified atom stereocenters. The van der Waals surface area contributed by atoms with Gasteiger partial charge in [0.05, 0.1) is 0 Å². The van der Waals surface area contributed by atoms with E-state index in [4.69, 9.17) is 0 Å². The van der Waals surface area contributed by atoms with Gasteiger partial charge in [-0.3, -0.25) is 9.69 Å². The molecule has 0 spiro atoms. The third-order valence-corrected chi connectivity index (χ3v) is 8.14. The number of rotatable bonds is 11. The first-order valence-corrected chi connectivity index (χ1v) is 13.7. The summed E-state index contributed by atoms with van der Waals surface area (Å²) in [5.41, 5.74) is 2.11. The van der Waals surface area contributed by atoms with Crippen LogP contribution in [0, 0.1) is 5.92 Å². The highest BCUT2D eigenvalue weighted by Crippen LogP contribution is 2.21. The van der Waals surface area contributed by atoms with Crippen LogP contribution >= 0.6 is 0 Å². The van der Waals surface area contributed by atoms with Gasteiger partial charge < -0.3 is 5.32 Å². The number of nitrogens with zero attached hydrogens (tertiary/aromatic N) is 2. The summed E-state index contributed by atoms with van der Waals surface area (Å²) in [4.78, 5) is 15.3. The molecule has 2 aromatic rings. The molecule has 1 N–H and O–H groups in total. The third-order valence-electron chi connectivity index (χ3n) is 6.57.